The summed E-state index contributed by atoms with van der Waals surface area (Å²) in [6.07, 6.45) is 3.96. The van der Waals surface area contributed by atoms with Crippen LogP contribution in [0, 0.1) is 6.92 Å². The van der Waals surface area contributed by atoms with Crippen molar-refractivity contribution in [1.82, 2.24) is 4.98 Å². The van der Waals surface area contributed by atoms with Gasteiger partial charge in [0, 0.05) is 18.0 Å². The van der Waals surface area contributed by atoms with Crippen molar-refractivity contribution in [3.05, 3.63) is 47.7 Å². The Labute approximate surface area is 108 Å². The largest absolute Gasteiger partial charge is 0.439 e. The first kappa shape index (κ1) is 12.4. The highest BCUT2D eigenvalue weighted by Crippen LogP contribution is 2.23. The fourth-order valence-corrected chi connectivity index (χ4v) is 1.71. The standard InChI is InChI=1S/C15H18N2O/c1-3-4-12-5-7-13(8-6-12)18-15-9-14(16)11(2)10-17-15/h5-10H,3-4H2,1-2H3,(H2,16,17). The van der Waals surface area contributed by atoms with Crippen molar-refractivity contribution < 1.29 is 4.74 Å². The summed E-state index contributed by atoms with van der Waals surface area (Å²) in [5, 5.41) is 0. The molecule has 2 aromatic rings. The van der Waals surface area contributed by atoms with Crippen LogP contribution < -0.4 is 10.5 Å². The third-order valence-corrected chi connectivity index (χ3v) is 2.80. The third kappa shape index (κ3) is 3.00. The number of ether oxygens (including phenoxy) is 1. The number of hydrogen-bond acceptors (Lipinski definition) is 3. The molecular formula is C15H18N2O. The van der Waals surface area contributed by atoms with E-state index in [2.05, 4.69) is 24.0 Å². The lowest BCUT2D eigenvalue weighted by atomic mass is 10.1. The zero-order valence-corrected chi connectivity index (χ0v) is 10.8. The van der Waals surface area contributed by atoms with E-state index < -0.39 is 0 Å². The van der Waals surface area contributed by atoms with Crippen LogP contribution in [0.15, 0.2) is 36.5 Å². The zero-order chi connectivity index (χ0) is 13.0. The van der Waals surface area contributed by atoms with Gasteiger partial charge >= 0.3 is 0 Å². The molecule has 1 aromatic carbocycles. The smallest absolute Gasteiger partial charge is 0.221 e. The lowest BCUT2D eigenvalue weighted by Crippen LogP contribution is -1.94. The molecule has 18 heavy (non-hydrogen) atoms. The van der Waals surface area contributed by atoms with Gasteiger partial charge in [-0.25, -0.2) is 4.98 Å². The average Bonchev–Trinajstić information content (AvgIpc) is 2.37. The molecule has 0 bridgehead atoms. The number of nitrogens with zero attached hydrogens (tertiary/aromatic N) is 1. The minimum absolute atomic E-state index is 0.529. The zero-order valence-electron chi connectivity index (χ0n) is 10.8. The van der Waals surface area contributed by atoms with Gasteiger partial charge in [0.1, 0.15) is 5.75 Å². The number of benzene rings is 1. The van der Waals surface area contributed by atoms with Gasteiger partial charge in [0.05, 0.1) is 0 Å². The maximum absolute atomic E-state index is 5.82. The van der Waals surface area contributed by atoms with E-state index in [0.29, 0.717) is 11.6 Å². The first-order chi connectivity index (χ1) is 8.69. The molecule has 3 heteroatoms. The molecule has 1 aromatic heterocycles. The van der Waals surface area contributed by atoms with Gasteiger partial charge < -0.3 is 10.5 Å². The molecule has 0 amide bonds. The minimum atomic E-state index is 0.529. The Kier molecular flexibility index (Phi) is 3.82. The van der Waals surface area contributed by atoms with E-state index in [1.165, 1.54) is 5.56 Å². The van der Waals surface area contributed by atoms with Gasteiger partial charge in [0.25, 0.3) is 0 Å². The summed E-state index contributed by atoms with van der Waals surface area (Å²) in [5.74, 6) is 1.31. The molecule has 0 spiro atoms. The Morgan fingerprint density at radius 2 is 1.94 bits per heavy atom. The summed E-state index contributed by atoms with van der Waals surface area (Å²) in [5.41, 5.74) is 8.79. The van der Waals surface area contributed by atoms with Gasteiger partial charge in [-0.05, 0) is 36.6 Å². The maximum atomic E-state index is 5.82. The summed E-state index contributed by atoms with van der Waals surface area (Å²) in [6.45, 7) is 4.09. The fourth-order valence-electron chi connectivity index (χ4n) is 1.71. The van der Waals surface area contributed by atoms with E-state index >= 15 is 0 Å². The van der Waals surface area contributed by atoms with Crippen molar-refractivity contribution in [3.8, 4) is 11.6 Å². The van der Waals surface area contributed by atoms with Crippen LogP contribution in [0.2, 0.25) is 0 Å². The molecule has 0 unspecified atom stereocenters. The van der Waals surface area contributed by atoms with Crippen LogP contribution in [0.1, 0.15) is 24.5 Å². The first-order valence-corrected chi connectivity index (χ1v) is 6.18. The van der Waals surface area contributed by atoms with E-state index in [1.807, 2.05) is 19.1 Å². The number of pyridine rings is 1. The van der Waals surface area contributed by atoms with Gasteiger partial charge in [0.2, 0.25) is 5.88 Å². The van der Waals surface area contributed by atoms with Crippen molar-refractivity contribution in [2.24, 2.45) is 0 Å². The van der Waals surface area contributed by atoms with Gasteiger partial charge in [-0.15, -0.1) is 0 Å². The number of rotatable bonds is 4. The fraction of sp³-hybridized carbons (Fsp3) is 0.267. The number of nitrogen functional groups attached to an aromatic ring is 1. The van der Waals surface area contributed by atoms with Crippen LogP contribution in [0.4, 0.5) is 5.69 Å². The summed E-state index contributed by atoms with van der Waals surface area (Å²) in [4.78, 5) is 4.19. The van der Waals surface area contributed by atoms with E-state index in [-0.39, 0.29) is 0 Å². The summed E-state index contributed by atoms with van der Waals surface area (Å²) in [7, 11) is 0. The van der Waals surface area contributed by atoms with Gasteiger partial charge in [-0.1, -0.05) is 25.5 Å². The number of aromatic nitrogens is 1. The Morgan fingerprint density at radius 1 is 1.22 bits per heavy atom. The maximum Gasteiger partial charge on any atom is 0.221 e. The van der Waals surface area contributed by atoms with E-state index in [0.717, 1.165) is 24.2 Å². The number of hydrogen-bond donors (Lipinski definition) is 1. The molecule has 94 valence electrons. The molecule has 0 saturated carbocycles. The van der Waals surface area contributed by atoms with E-state index in [4.69, 9.17) is 10.5 Å². The van der Waals surface area contributed by atoms with Crippen molar-refractivity contribution in [1.29, 1.82) is 0 Å². The molecule has 0 aliphatic heterocycles. The molecular weight excluding hydrogens is 224 g/mol. The molecule has 0 atom stereocenters. The van der Waals surface area contributed by atoms with E-state index in [1.54, 1.807) is 12.3 Å². The molecule has 2 rings (SSSR count). The molecule has 3 nitrogen and oxygen atoms in total. The van der Waals surface area contributed by atoms with Crippen LogP contribution in [0.3, 0.4) is 0 Å². The first-order valence-electron chi connectivity index (χ1n) is 6.18. The predicted octanol–water partition coefficient (Wildman–Crippen LogP) is 3.72. The van der Waals surface area contributed by atoms with Crippen LogP contribution >= 0.6 is 0 Å². The number of anilines is 1. The monoisotopic (exact) mass is 242 g/mol. The van der Waals surface area contributed by atoms with E-state index in [9.17, 15) is 0 Å². The highest BCUT2D eigenvalue weighted by molar-refractivity contribution is 5.47. The van der Waals surface area contributed by atoms with Crippen molar-refractivity contribution in [2.45, 2.75) is 26.7 Å². The third-order valence-electron chi connectivity index (χ3n) is 2.80. The van der Waals surface area contributed by atoms with Crippen LogP contribution in [-0.4, -0.2) is 4.98 Å². The average molecular weight is 242 g/mol. The molecule has 0 aliphatic rings. The van der Waals surface area contributed by atoms with Crippen LogP contribution in [0.25, 0.3) is 0 Å². The second-order valence-corrected chi connectivity index (χ2v) is 4.38. The number of aryl methyl sites for hydroxylation is 2. The minimum Gasteiger partial charge on any atom is -0.439 e. The molecule has 0 radical (unpaired) electrons. The summed E-state index contributed by atoms with van der Waals surface area (Å²) in [6, 6.07) is 9.83. The van der Waals surface area contributed by atoms with Crippen molar-refractivity contribution >= 4 is 5.69 Å². The molecule has 2 N–H and O–H groups in total. The lowest BCUT2D eigenvalue weighted by molar-refractivity contribution is 0.463. The topological polar surface area (TPSA) is 48.1 Å². The molecule has 0 aliphatic carbocycles. The normalized spacial score (nSPS) is 10.3. The Bertz CT molecular complexity index is 521. The Balaban J connectivity index is 2.10. The summed E-state index contributed by atoms with van der Waals surface area (Å²) >= 11 is 0. The highest BCUT2D eigenvalue weighted by Gasteiger charge is 2.01. The predicted molar refractivity (Wildman–Crippen MR) is 73.9 cm³/mol. The van der Waals surface area contributed by atoms with Crippen molar-refractivity contribution in [2.75, 3.05) is 5.73 Å². The Morgan fingerprint density at radius 3 is 2.56 bits per heavy atom. The van der Waals surface area contributed by atoms with Gasteiger partial charge in [-0.3, -0.25) is 0 Å². The molecule has 0 saturated heterocycles. The lowest BCUT2D eigenvalue weighted by Gasteiger charge is -2.07. The van der Waals surface area contributed by atoms with Crippen LogP contribution in [-0.2, 0) is 6.42 Å². The van der Waals surface area contributed by atoms with Gasteiger partial charge in [-0.2, -0.15) is 0 Å². The number of nitrogens with two attached hydrogens (primary N) is 1. The summed E-state index contributed by atoms with van der Waals surface area (Å²) < 4.78 is 5.66. The second kappa shape index (κ2) is 5.54. The van der Waals surface area contributed by atoms with Crippen molar-refractivity contribution in [3.63, 3.8) is 0 Å². The second-order valence-electron chi connectivity index (χ2n) is 4.38. The molecule has 0 fully saturated rings. The molecule has 1 heterocycles. The van der Waals surface area contributed by atoms with Gasteiger partial charge in [0.15, 0.2) is 0 Å². The van der Waals surface area contributed by atoms with Crippen LogP contribution in [0.5, 0.6) is 11.6 Å². The SMILES string of the molecule is CCCc1ccc(Oc2cc(N)c(C)cn2)cc1. The Hall–Kier alpha value is -2.03. The quantitative estimate of drug-likeness (QED) is 0.889. The highest BCUT2D eigenvalue weighted by atomic mass is 16.5.